The Morgan fingerprint density at radius 1 is 1.24 bits per heavy atom. The van der Waals surface area contributed by atoms with Crippen LogP contribution in [0.2, 0.25) is 0 Å². The van der Waals surface area contributed by atoms with Crippen LogP contribution in [-0.2, 0) is 6.42 Å². The molecule has 1 heteroatoms. The molecule has 2 rings (SSSR count). The molecular formula is C16H19N. The van der Waals surface area contributed by atoms with E-state index in [4.69, 9.17) is 0 Å². The van der Waals surface area contributed by atoms with Crippen LogP contribution in [0.5, 0.6) is 0 Å². The molecule has 17 heavy (non-hydrogen) atoms. The Kier molecular flexibility index (Phi) is 3.48. The second-order valence-corrected chi connectivity index (χ2v) is 4.36. The molecule has 0 aliphatic carbocycles. The Bertz CT molecular complexity index is 508. The molecule has 1 N–H and O–H groups in total. The number of H-pyrrole nitrogens is 1. The number of hydrogen-bond donors (Lipinski definition) is 1. The summed E-state index contributed by atoms with van der Waals surface area (Å²) in [4.78, 5) is 3.47. The fourth-order valence-electron chi connectivity index (χ4n) is 2.20. The highest BCUT2D eigenvalue weighted by atomic mass is 14.7. The molecular weight excluding hydrogens is 206 g/mol. The summed E-state index contributed by atoms with van der Waals surface area (Å²) >= 11 is 0. The molecule has 1 aromatic heterocycles. The zero-order valence-electron chi connectivity index (χ0n) is 10.5. The summed E-state index contributed by atoms with van der Waals surface area (Å²) in [6, 6.07) is 12.8. The second-order valence-electron chi connectivity index (χ2n) is 4.36. The van der Waals surface area contributed by atoms with Crippen LogP contribution in [0.3, 0.4) is 0 Å². The highest BCUT2D eigenvalue weighted by molar-refractivity contribution is 5.38. The Hall–Kier alpha value is -1.76. The SMILES string of the molecule is C=CC(c1ccc(CC)[nH]1)c1ccccc1C. The second kappa shape index (κ2) is 5.05. The highest BCUT2D eigenvalue weighted by Crippen LogP contribution is 2.27. The maximum absolute atomic E-state index is 3.97. The van der Waals surface area contributed by atoms with Gasteiger partial charge in [-0.1, -0.05) is 37.3 Å². The summed E-state index contributed by atoms with van der Waals surface area (Å²) in [7, 11) is 0. The third kappa shape index (κ3) is 2.33. The average molecular weight is 225 g/mol. The van der Waals surface area contributed by atoms with E-state index in [9.17, 15) is 0 Å². The maximum Gasteiger partial charge on any atom is 0.0420 e. The molecule has 0 aliphatic heterocycles. The van der Waals surface area contributed by atoms with Crippen molar-refractivity contribution in [1.82, 2.24) is 4.98 Å². The smallest absolute Gasteiger partial charge is 0.0420 e. The molecule has 0 saturated carbocycles. The fourth-order valence-corrected chi connectivity index (χ4v) is 2.20. The lowest BCUT2D eigenvalue weighted by Crippen LogP contribution is -2.00. The van der Waals surface area contributed by atoms with E-state index in [0.717, 1.165) is 6.42 Å². The number of rotatable bonds is 4. The normalized spacial score (nSPS) is 12.4. The lowest BCUT2D eigenvalue weighted by atomic mass is 9.92. The van der Waals surface area contributed by atoms with Crippen LogP contribution >= 0.6 is 0 Å². The quantitative estimate of drug-likeness (QED) is 0.750. The van der Waals surface area contributed by atoms with Gasteiger partial charge in [-0.25, -0.2) is 0 Å². The standard InChI is InChI=1S/C16H19N/c1-4-13-10-11-16(17-13)14(5-2)15-9-7-6-8-12(15)3/h5-11,14,17H,2,4H2,1,3H3. The molecule has 0 fully saturated rings. The molecule has 0 spiro atoms. The van der Waals surface area contributed by atoms with E-state index < -0.39 is 0 Å². The van der Waals surface area contributed by atoms with Crippen molar-refractivity contribution in [3.8, 4) is 0 Å². The zero-order valence-corrected chi connectivity index (χ0v) is 10.5. The van der Waals surface area contributed by atoms with Crippen molar-refractivity contribution in [3.05, 3.63) is 71.6 Å². The Morgan fingerprint density at radius 3 is 2.59 bits per heavy atom. The molecule has 0 aliphatic rings. The van der Waals surface area contributed by atoms with Gasteiger partial charge in [0, 0.05) is 17.3 Å². The van der Waals surface area contributed by atoms with E-state index in [1.165, 1.54) is 22.5 Å². The number of benzene rings is 1. The van der Waals surface area contributed by atoms with Crippen LogP contribution in [-0.4, -0.2) is 4.98 Å². The van der Waals surface area contributed by atoms with Crippen molar-refractivity contribution in [1.29, 1.82) is 0 Å². The van der Waals surface area contributed by atoms with Crippen molar-refractivity contribution < 1.29 is 0 Å². The number of aromatic nitrogens is 1. The zero-order chi connectivity index (χ0) is 12.3. The molecule has 1 aromatic carbocycles. The third-order valence-corrected chi connectivity index (χ3v) is 3.24. The number of allylic oxidation sites excluding steroid dienone is 1. The summed E-state index contributed by atoms with van der Waals surface area (Å²) in [5, 5.41) is 0. The van der Waals surface area contributed by atoms with Crippen molar-refractivity contribution >= 4 is 0 Å². The van der Waals surface area contributed by atoms with Crippen molar-refractivity contribution in [3.63, 3.8) is 0 Å². The molecule has 1 unspecified atom stereocenters. The molecule has 0 bridgehead atoms. The van der Waals surface area contributed by atoms with Crippen LogP contribution in [0.15, 0.2) is 49.1 Å². The summed E-state index contributed by atoms with van der Waals surface area (Å²) in [5.41, 5.74) is 5.14. The minimum absolute atomic E-state index is 0.261. The largest absolute Gasteiger partial charge is 0.362 e. The molecule has 88 valence electrons. The van der Waals surface area contributed by atoms with Gasteiger partial charge in [-0.05, 0) is 36.6 Å². The van der Waals surface area contributed by atoms with Gasteiger partial charge in [0.2, 0.25) is 0 Å². The van der Waals surface area contributed by atoms with Crippen LogP contribution in [0.25, 0.3) is 0 Å². The van der Waals surface area contributed by atoms with Gasteiger partial charge < -0.3 is 4.98 Å². The van der Waals surface area contributed by atoms with Gasteiger partial charge >= 0.3 is 0 Å². The molecule has 1 nitrogen and oxygen atoms in total. The van der Waals surface area contributed by atoms with Gasteiger partial charge in [0.05, 0.1) is 0 Å². The van der Waals surface area contributed by atoms with E-state index in [1.54, 1.807) is 0 Å². The summed E-state index contributed by atoms with van der Waals surface area (Å²) in [6.07, 6.45) is 3.05. The van der Waals surface area contributed by atoms with Crippen LogP contribution < -0.4 is 0 Å². The summed E-state index contributed by atoms with van der Waals surface area (Å²) < 4.78 is 0. The highest BCUT2D eigenvalue weighted by Gasteiger charge is 2.13. The van der Waals surface area contributed by atoms with Gasteiger partial charge in [-0.15, -0.1) is 6.58 Å². The first kappa shape index (κ1) is 11.7. The average Bonchev–Trinajstić information content (AvgIpc) is 2.81. The van der Waals surface area contributed by atoms with E-state index in [-0.39, 0.29) is 5.92 Å². The van der Waals surface area contributed by atoms with E-state index in [0.29, 0.717) is 0 Å². The van der Waals surface area contributed by atoms with Crippen molar-refractivity contribution in [2.45, 2.75) is 26.2 Å². The van der Waals surface area contributed by atoms with E-state index >= 15 is 0 Å². The number of aryl methyl sites for hydroxylation is 2. The Balaban J connectivity index is 2.40. The maximum atomic E-state index is 3.97. The first-order valence-electron chi connectivity index (χ1n) is 6.12. The number of nitrogens with one attached hydrogen (secondary N) is 1. The topological polar surface area (TPSA) is 15.8 Å². The Morgan fingerprint density at radius 2 is 2.00 bits per heavy atom. The minimum Gasteiger partial charge on any atom is -0.362 e. The van der Waals surface area contributed by atoms with Gasteiger partial charge in [0.1, 0.15) is 0 Å². The first-order valence-corrected chi connectivity index (χ1v) is 6.12. The van der Waals surface area contributed by atoms with Crippen LogP contribution in [0.1, 0.15) is 35.4 Å². The first-order chi connectivity index (χ1) is 8.26. The number of hydrogen-bond acceptors (Lipinski definition) is 0. The molecule has 2 aromatic rings. The lowest BCUT2D eigenvalue weighted by molar-refractivity contribution is 0.935. The van der Waals surface area contributed by atoms with Gasteiger partial charge in [-0.3, -0.25) is 0 Å². The predicted molar refractivity (Wildman–Crippen MR) is 73.4 cm³/mol. The molecule has 1 heterocycles. The van der Waals surface area contributed by atoms with Crippen molar-refractivity contribution in [2.75, 3.05) is 0 Å². The van der Waals surface area contributed by atoms with E-state index in [2.05, 4.69) is 61.8 Å². The number of aromatic amines is 1. The molecule has 0 amide bonds. The Labute approximate surface area is 103 Å². The van der Waals surface area contributed by atoms with Gasteiger partial charge in [0.25, 0.3) is 0 Å². The molecule has 0 radical (unpaired) electrons. The van der Waals surface area contributed by atoms with Crippen LogP contribution in [0.4, 0.5) is 0 Å². The van der Waals surface area contributed by atoms with Crippen LogP contribution in [0, 0.1) is 6.92 Å². The van der Waals surface area contributed by atoms with Gasteiger partial charge in [-0.2, -0.15) is 0 Å². The summed E-state index contributed by atoms with van der Waals surface area (Å²) in [6.45, 7) is 8.28. The lowest BCUT2D eigenvalue weighted by Gasteiger charge is -2.14. The minimum atomic E-state index is 0.261. The fraction of sp³-hybridized carbons (Fsp3) is 0.250. The third-order valence-electron chi connectivity index (χ3n) is 3.24. The molecule has 0 saturated heterocycles. The van der Waals surface area contributed by atoms with Crippen molar-refractivity contribution in [2.24, 2.45) is 0 Å². The summed E-state index contributed by atoms with van der Waals surface area (Å²) in [5.74, 6) is 0.261. The van der Waals surface area contributed by atoms with Gasteiger partial charge in [0.15, 0.2) is 0 Å². The van der Waals surface area contributed by atoms with E-state index in [1.807, 2.05) is 6.08 Å². The molecule has 1 atom stereocenters. The predicted octanol–water partition coefficient (Wildman–Crippen LogP) is 4.20. The monoisotopic (exact) mass is 225 g/mol.